The molecular formula is C20H22O7S. The van der Waals surface area contributed by atoms with Crippen LogP contribution in [0.4, 0.5) is 0 Å². The van der Waals surface area contributed by atoms with Gasteiger partial charge in [0, 0.05) is 0 Å². The maximum atomic E-state index is 12.3. The molecule has 0 aromatic heterocycles. The quantitative estimate of drug-likeness (QED) is 0.505. The van der Waals surface area contributed by atoms with E-state index in [1.807, 2.05) is 6.92 Å². The van der Waals surface area contributed by atoms with E-state index < -0.39 is 16.1 Å². The van der Waals surface area contributed by atoms with E-state index in [-0.39, 0.29) is 22.7 Å². The Kier molecular flexibility index (Phi) is 6.21. The van der Waals surface area contributed by atoms with E-state index in [4.69, 9.17) is 18.8 Å². The summed E-state index contributed by atoms with van der Waals surface area (Å²) in [5, 5.41) is 8.81. The fourth-order valence-electron chi connectivity index (χ4n) is 2.75. The van der Waals surface area contributed by atoms with Crippen LogP contribution in [0.5, 0.6) is 11.5 Å². The topological polar surface area (TPSA) is 99.1 Å². The van der Waals surface area contributed by atoms with Crippen LogP contribution in [0.25, 0.3) is 0 Å². The maximum absolute atomic E-state index is 12.3. The van der Waals surface area contributed by atoms with E-state index in [0.29, 0.717) is 31.8 Å². The van der Waals surface area contributed by atoms with Gasteiger partial charge in [0.05, 0.1) is 18.6 Å². The average molecular weight is 406 g/mol. The molecule has 0 aliphatic heterocycles. The van der Waals surface area contributed by atoms with Crippen LogP contribution >= 0.6 is 0 Å². The van der Waals surface area contributed by atoms with Crippen LogP contribution < -0.4 is 8.92 Å². The van der Waals surface area contributed by atoms with Crippen LogP contribution in [0, 0.1) is 12.8 Å². The van der Waals surface area contributed by atoms with E-state index in [0.717, 1.165) is 5.56 Å². The molecule has 0 radical (unpaired) electrons. The molecule has 2 aromatic rings. The second kappa shape index (κ2) is 8.62. The number of hydrogen-bond acceptors (Lipinski definition) is 6. The highest BCUT2D eigenvalue weighted by Crippen LogP contribution is 2.30. The zero-order chi connectivity index (χ0) is 20.1. The Morgan fingerprint density at radius 2 is 1.61 bits per heavy atom. The van der Waals surface area contributed by atoms with E-state index >= 15 is 0 Å². The van der Waals surface area contributed by atoms with Crippen LogP contribution in [-0.4, -0.2) is 38.8 Å². The first-order chi connectivity index (χ1) is 13.3. The van der Waals surface area contributed by atoms with Gasteiger partial charge in [-0.25, -0.2) is 0 Å². The molecule has 1 aliphatic rings. The van der Waals surface area contributed by atoms with Gasteiger partial charge in [0.25, 0.3) is 0 Å². The summed E-state index contributed by atoms with van der Waals surface area (Å²) in [7, 11) is -3.88. The third-order valence-electron chi connectivity index (χ3n) is 4.49. The van der Waals surface area contributed by atoms with Crippen molar-refractivity contribution in [3.63, 3.8) is 0 Å². The van der Waals surface area contributed by atoms with Crippen molar-refractivity contribution in [2.75, 3.05) is 13.2 Å². The highest BCUT2D eigenvalue weighted by atomic mass is 32.2. The number of carbonyl (C=O) groups is 1. The zero-order valence-electron chi connectivity index (χ0n) is 15.4. The van der Waals surface area contributed by atoms with Crippen LogP contribution in [0.2, 0.25) is 0 Å². The third-order valence-corrected chi connectivity index (χ3v) is 5.75. The number of aryl methyl sites for hydroxylation is 1. The largest absolute Gasteiger partial charge is 0.491 e. The van der Waals surface area contributed by atoms with Crippen molar-refractivity contribution in [2.24, 2.45) is 5.92 Å². The van der Waals surface area contributed by atoms with Crippen molar-refractivity contribution in [2.45, 2.75) is 30.8 Å². The number of carboxylic acids is 1. The molecule has 8 heteroatoms. The second-order valence-corrected chi connectivity index (χ2v) is 8.22. The van der Waals surface area contributed by atoms with Gasteiger partial charge in [0.1, 0.15) is 23.0 Å². The molecule has 0 unspecified atom stereocenters. The zero-order valence-corrected chi connectivity index (χ0v) is 16.2. The standard InChI is InChI=1S/C20H22O7S/c1-14-2-8-19(9-3-14)28(23,24)27-17-6-4-16(5-7-17)25-10-11-26-18-12-15(13-18)20(21)22/h2-9,15,18H,10-13H2,1H3,(H,21,22). The Morgan fingerprint density at radius 3 is 2.21 bits per heavy atom. The van der Waals surface area contributed by atoms with Crippen molar-refractivity contribution in [1.29, 1.82) is 0 Å². The molecule has 7 nitrogen and oxygen atoms in total. The van der Waals surface area contributed by atoms with Gasteiger partial charge in [-0.15, -0.1) is 0 Å². The fourth-order valence-corrected chi connectivity index (χ4v) is 3.68. The van der Waals surface area contributed by atoms with E-state index in [2.05, 4.69) is 0 Å². The first-order valence-corrected chi connectivity index (χ1v) is 10.3. The Balaban J connectivity index is 1.43. The molecule has 0 bridgehead atoms. The van der Waals surface area contributed by atoms with E-state index in [1.165, 1.54) is 24.3 Å². The smallest absolute Gasteiger partial charge is 0.339 e. The van der Waals surface area contributed by atoms with Crippen LogP contribution in [0.1, 0.15) is 18.4 Å². The summed E-state index contributed by atoms with van der Waals surface area (Å²) >= 11 is 0. The first-order valence-electron chi connectivity index (χ1n) is 8.92. The Labute approximate surface area is 164 Å². The number of benzene rings is 2. The SMILES string of the molecule is Cc1ccc(S(=O)(=O)Oc2ccc(OCCOC3CC(C(=O)O)C3)cc2)cc1. The van der Waals surface area contributed by atoms with Crippen molar-refractivity contribution in [3.8, 4) is 11.5 Å². The molecule has 0 saturated heterocycles. The molecule has 1 fully saturated rings. The molecule has 3 rings (SSSR count). The summed E-state index contributed by atoms with van der Waals surface area (Å²) in [6.45, 7) is 2.55. The van der Waals surface area contributed by atoms with Crippen LogP contribution in [-0.2, 0) is 19.6 Å². The molecule has 150 valence electrons. The molecule has 1 aliphatic carbocycles. The van der Waals surface area contributed by atoms with Gasteiger partial charge < -0.3 is 18.8 Å². The van der Waals surface area contributed by atoms with Gasteiger partial charge in [-0.3, -0.25) is 4.79 Å². The summed E-state index contributed by atoms with van der Waals surface area (Å²) in [5.74, 6) is -0.323. The second-order valence-electron chi connectivity index (χ2n) is 6.67. The lowest BCUT2D eigenvalue weighted by Gasteiger charge is -2.31. The predicted molar refractivity (Wildman–Crippen MR) is 101 cm³/mol. The van der Waals surface area contributed by atoms with Gasteiger partial charge in [0.15, 0.2) is 0 Å². The minimum atomic E-state index is -3.88. The first kappa shape index (κ1) is 20.2. The molecule has 28 heavy (non-hydrogen) atoms. The van der Waals surface area contributed by atoms with Gasteiger partial charge in [-0.05, 0) is 56.2 Å². The summed E-state index contributed by atoms with van der Waals surface area (Å²) in [6.07, 6.45) is 1.06. The molecule has 0 spiro atoms. The molecule has 1 saturated carbocycles. The monoisotopic (exact) mass is 406 g/mol. The summed E-state index contributed by atoms with van der Waals surface area (Å²) in [4.78, 5) is 10.8. The Morgan fingerprint density at radius 1 is 1.00 bits per heavy atom. The van der Waals surface area contributed by atoms with Crippen LogP contribution in [0.15, 0.2) is 53.4 Å². The third kappa shape index (κ3) is 5.24. The lowest BCUT2D eigenvalue weighted by atomic mass is 9.82. The highest BCUT2D eigenvalue weighted by Gasteiger charge is 2.34. The van der Waals surface area contributed by atoms with E-state index in [1.54, 1.807) is 24.3 Å². The van der Waals surface area contributed by atoms with Gasteiger partial charge in [-0.2, -0.15) is 8.42 Å². The number of hydrogen-bond donors (Lipinski definition) is 1. The lowest BCUT2D eigenvalue weighted by molar-refractivity contribution is -0.151. The van der Waals surface area contributed by atoms with Crippen molar-refractivity contribution >= 4 is 16.1 Å². The number of rotatable bonds is 9. The number of aliphatic carboxylic acids is 1. The van der Waals surface area contributed by atoms with Crippen molar-refractivity contribution in [1.82, 2.24) is 0 Å². The molecule has 1 N–H and O–H groups in total. The minimum absolute atomic E-state index is 0.0209. The Hall–Kier alpha value is -2.58. The average Bonchev–Trinajstić information content (AvgIpc) is 2.61. The van der Waals surface area contributed by atoms with Crippen molar-refractivity contribution in [3.05, 3.63) is 54.1 Å². The van der Waals surface area contributed by atoms with Gasteiger partial charge >= 0.3 is 16.1 Å². The molecule has 0 heterocycles. The van der Waals surface area contributed by atoms with Gasteiger partial charge in [0.2, 0.25) is 0 Å². The number of ether oxygens (including phenoxy) is 2. The summed E-state index contributed by atoms with van der Waals surface area (Å²) in [6, 6.07) is 12.7. The number of carboxylic acid groups (broad SMARTS) is 1. The Bertz CT molecular complexity index is 899. The highest BCUT2D eigenvalue weighted by molar-refractivity contribution is 7.87. The van der Waals surface area contributed by atoms with Crippen molar-refractivity contribution < 1.29 is 32.0 Å². The van der Waals surface area contributed by atoms with Gasteiger partial charge in [-0.1, -0.05) is 17.7 Å². The van der Waals surface area contributed by atoms with E-state index in [9.17, 15) is 13.2 Å². The minimum Gasteiger partial charge on any atom is -0.491 e. The molecule has 2 aromatic carbocycles. The van der Waals surface area contributed by atoms with Crippen LogP contribution in [0.3, 0.4) is 0 Å². The molecule has 0 atom stereocenters. The fraction of sp³-hybridized carbons (Fsp3) is 0.350. The molecular weight excluding hydrogens is 384 g/mol. The normalized spacial score (nSPS) is 18.9. The lowest BCUT2D eigenvalue weighted by Crippen LogP contribution is -2.36. The summed E-state index contributed by atoms with van der Waals surface area (Å²) in [5.41, 5.74) is 0.962. The molecule has 0 amide bonds. The maximum Gasteiger partial charge on any atom is 0.339 e. The predicted octanol–water partition coefficient (Wildman–Crippen LogP) is 3.02. The summed E-state index contributed by atoms with van der Waals surface area (Å²) < 4.78 is 40.7.